The van der Waals surface area contributed by atoms with Crippen LogP contribution in [0, 0.1) is 0 Å². The van der Waals surface area contributed by atoms with Gasteiger partial charge in [-0.3, -0.25) is 4.79 Å². The van der Waals surface area contributed by atoms with E-state index in [1.54, 1.807) is 11.0 Å². The molecule has 5 rings (SSSR count). The third kappa shape index (κ3) is 3.38. The molecule has 0 saturated heterocycles. The predicted molar refractivity (Wildman–Crippen MR) is 110 cm³/mol. The van der Waals surface area contributed by atoms with Gasteiger partial charge in [0.05, 0.1) is 23.1 Å². The normalized spacial score (nSPS) is 16.0. The standard InChI is InChI=1S/C21H19ClN6O/c22-17-5-1-3-15-16-4-2-6-18(20(16)25-19(15)17)24-21(29)14-9-7-13(8-10-14)11-28-12-23-26-27-28/h1,3,5,7-10,12,18,25H,2,4,6,11H2,(H,24,29). The number of tetrazole rings is 1. The highest BCUT2D eigenvalue weighted by Crippen LogP contribution is 2.37. The lowest BCUT2D eigenvalue weighted by Crippen LogP contribution is -2.31. The molecule has 2 aromatic heterocycles. The quantitative estimate of drug-likeness (QED) is 0.541. The summed E-state index contributed by atoms with van der Waals surface area (Å²) in [6, 6.07) is 13.4. The SMILES string of the molecule is O=C(NC1CCCc2c1[nH]c1c(Cl)cccc21)c1ccc(Cn2cnnn2)cc1. The van der Waals surface area contributed by atoms with Crippen LogP contribution in [0.4, 0.5) is 0 Å². The second-order valence-corrected chi connectivity index (χ2v) is 7.71. The van der Waals surface area contributed by atoms with Gasteiger partial charge in [0.2, 0.25) is 0 Å². The molecular formula is C21H19ClN6O. The molecule has 7 nitrogen and oxygen atoms in total. The largest absolute Gasteiger partial charge is 0.355 e. The number of hydrogen-bond acceptors (Lipinski definition) is 4. The molecule has 0 radical (unpaired) electrons. The van der Waals surface area contributed by atoms with Crippen LogP contribution < -0.4 is 5.32 Å². The second kappa shape index (κ2) is 7.33. The molecule has 29 heavy (non-hydrogen) atoms. The molecule has 2 N–H and O–H groups in total. The van der Waals surface area contributed by atoms with Crippen molar-refractivity contribution in [1.82, 2.24) is 30.5 Å². The van der Waals surface area contributed by atoms with Crippen LogP contribution in [-0.4, -0.2) is 31.1 Å². The summed E-state index contributed by atoms with van der Waals surface area (Å²) >= 11 is 6.36. The number of nitrogens with one attached hydrogen (secondary N) is 2. The topological polar surface area (TPSA) is 88.5 Å². The lowest BCUT2D eigenvalue weighted by Gasteiger charge is -2.24. The maximum absolute atomic E-state index is 12.8. The Kier molecular flexibility index (Phi) is 4.52. The van der Waals surface area contributed by atoms with Gasteiger partial charge in [-0.05, 0) is 59.0 Å². The molecule has 146 valence electrons. The Morgan fingerprint density at radius 1 is 1.24 bits per heavy atom. The molecule has 0 spiro atoms. The molecule has 1 unspecified atom stereocenters. The minimum Gasteiger partial charge on any atom is -0.355 e. The molecule has 0 aliphatic heterocycles. The first-order valence-corrected chi connectivity index (χ1v) is 9.96. The maximum Gasteiger partial charge on any atom is 0.251 e. The van der Waals surface area contributed by atoms with Crippen molar-refractivity contribution in [2.75, 3.05) is 0 Å². The summed E-state index contributed by atoms with van der Waals surface area (Å²) in [7, 11) is 0. The van der Waals surface area contributed by atoms with Crippen LogP contribution in [0.2, 0.25) is 5.02 Å². The van der Waals surface area contributed by atoms with Gasteiger partial charge in [0.25, 0.3) is 5.91 Å². The van der Waals surface area contributed by atoms with Crippen LogP contribution in [0.25, 0.3) is 10.9 Å². The molecule has 1 aliphatic rings. The van der Waals surface area contributed by atoms with E-state index in [1.165, 1.54) is 5.56 Å². The molecule has 2 aromatic carbocycles. The van der Waals surface area contributed by atoms with Crippen LogP contribution >= 0.6 is 11.6 Å². The number of aryl methyl sites for hydroxylation is 1. The van der Waals surface area contributed by atoms with Gasteiger partial charge in [0.1, 0.15) is 6.33 Å². The summed E-state index contributed by atoms with van der Waals surface area (Å²) in [6.45, 7) is 0.566. The van der Waals surface area contributed by atoms with Crippen LogP contribution in [0.5, 0.6) is 0 Å². The second-order valence-electron chi connectivity index (χ2n) is 7.30. The number of rotatable bonds is 4. The predicted octanol–water partition coefficient (Wildman–Crippen LogP) is 3.66. The van der Waals surface area contributed by atoms with Gasteiger partial charge >= 0.3 is 0 Å². The molecule has 1 amide bonds. The summed E-state index contributed by atoms with van der Waals surface area (Å²) in [6.07, 6.45) is 4.49. The number of carbonyl (C=O) groups is 1. The Morgan fingerprint density at radius 2 is 2.10 bits per heavy atom. The van der Waals surface area contributed by atoms with E-state index in [-0.39, 0.29) is 11.9 Å². The number of nitrogens with zero attached hydrogens (tertiary/aromatic N) is 4. The Hall–Kier alpha value is -3.19. The summed E-state index contributed by atoms with van der Waals surface area (Å²) in [5, 5.41) is 16.2. The number of aromatic nitrogens is 5. The molecule has 1 atom stereocenters. The van der Waals surface area contributed by atoms with Crippen molar-refractivity contribution in [2.24, 2.45) is 0 Å². The first kappa shape index (κ1) is 17.9. The number of benzene rings is 2. The number of aromatic amines is 1. The number of amides is 1. The van der Waals surface area contributed by atoms with Crippen molar-refractivity contribution in [2.45, 2.75) is 31.8 Å². The molecule has 1 aliphatic carbocycles. The highest BCUT2D eigenvalue weighted by Gasteiger charge is 2.26. The lowest BCUT2D eigenvalue weighted by molar-refractivity contribution is 0.0932. The molecule has 8 heteroatoms. The third-order valence-corrected chi connectivity index (χ3v) is 5.76. The van der Waals surface area contributed by atoms with E-state index in [1.807, 2.05) is 36.4 Å². The van der Waals surface area contributed by atoms with Crippen molar-refractivity contribution in [3.63, 3.8) is 0 Å². The van der Waals surface area contributed by atoms with E-state index in [2.05, 4.69) is 31.9 Å². The molecule has 0 bridgehead atoms. The molecule has 2 heterocycles. The summed E-state index contributed by atoms with van der Waals surface area (Å²) in [5.41, 5.74) is 4.94. The molecular weight excluding hydrogens is 388 g/mol. The molecule has 0 fully saturated rings. The van der Waals surface area contributed by atoms with E-state index in [0.29, 0.717) is 17.1 Å². The number of carbonyl (C=O) groups excluding carboxylic acids is 1. The molecule has 0 saturated carbocycles. The van der Waals surface area contributed by atoms with Crippen molar-refractivity contribution in [1.29, 1.82) is 0 Å². The Bertz CT molecular complexity index is 1170. The van der Waals surface area contributed by atoms with Crippen molar-refractivity contribution in [3.05, 3.63) is 76.2 Å². The Morgan fingerprint density at radius 3 is 2.90 bits per heavy atom. The number of H-pyrrole nitrogens is 1. The zero-order valence-corrected chi connectivity index (χ0v) is 16.4. The number of para-hydroxylation sites is 1. The summed E-state index contributed by atoms with van der Waals surface area (Å²) < 4.78 is 1.64. The third-order valence-electron chi connectivity index (χ3n) is 5.45. The van der Waals surface area contributed by atoms with E-state index >= 15 is 0 Å². The van der Waals surface area contributed by atoms with Gasteiger partial charge in [-0.1, -0.05) is 35.9 Å². The fraction of sp³-hybridized carbons (Fsp3) is 0.238. The van der Waals surface area contributed by atoms with Crippen LogP contribution in [0.1, 0.15) is 46.1 Å². The van der Waals surface area contributed by atoms with Gasteiger partial charge in [-0.15, -0.1) is 5.10 Å². The molecule has 4 aromatic rings. The first-order valence-electron chi connectivity index (χ1n) is 9.58. The monoisotopic (exact) mass is 406 g/mol. The zero-order valence-electron chi connectivity index (χ0n) is 15.6. The maximum atomic E-state index is 12.8. The van der Waals surface area contributed by atoms with Crippen LogP contribution in [-0.2, 0) is 13.0 Å². The van der Waals surface area contributed by atoms with Gasteiger partial charge < -0.3 is 10.3 Å². The van der Waals surface area contributed by atoms with E-state index < -0.39 is 0 Å². The van der Waals surface area contributed by atoms with E-state index in [4.69, 9.17) is 11.6 Å². The van der Waals surface area contributed by atoms with Crippen molar-refractivity contribution < 1.29 is 4.79 Å². The van der Waals surface area contributed by atoms with E-state index in [9.17, 15) is 4.79 Å². The minimum atomic E-state index is -0.0819. The first-order chi connectivity index (χ1) is 14.2. The summed E-state index contributed by atoms with van der Waals surface area (Å²) in [4.78, 5) is 16.3. The van der Waals surface area contributed by atoms with Gasteiger partial charge in [-0.2, -0.15) is 0 Å². The average Bonchev–Trinajstić information content (AvgIpc) is 3.38. The Balaban J connectivity index is 1.35. The summed E-state index contributed by atoms with van der Waals surface area (Å²) in [5.74, 6) is -0.0819. The Labute approximate surface area is 172 Å². The van der Waals surface area contributed by atoms with Gasteiger partial charge in [-0.25, -0.2) is 4.68 Å². The van der Waals surface area contributed by atoms with Gasteiger partial charge in [0, 0.05) is 16.6 Å². The zero-order chi connectivity index (χ0) is 19.8. The lowest BCUT2D eigenvalue weighted by atomic mass is 9.91. The average molecular weight is 407 g/mol. The van der Waals surface area contributed by atoms with Crippen LogP contribution in [0.15, 0.2) is 48.8 Å². The van der Waals surface area contributed by atoms with E-state index in [0.717, 1.165) is 41.4 Å². The van der Waals surface area contributed by atoms with Crippen LogP contribution in [0.3, 0.4) is 0 Å². The fourth-order valence-electron chi connectivity index (χ4n) is 4.04. The smallest absolute Gasteiger partial charge is 0.251 e. The van der Waals surface area contributed by atoms with Gasteiger partial charge in [0.15, 0.2) is 0 Å². The van der Waals surface area contributed by atoms with Crippen molar-refractivity contribution >= 4 is 28.4 Å². The number of fused-ring (bicyclic) bond motifs is 3. The van der Waals surface area contributed by atoms with Crippen molar-refractivity contribution in [3.8, 4) is 0 Å². The highest BCUT2D eigenvalue weighted by molar-refractivity contribution is 6.35. The number of hydrogen-bond donors (Lipinski definition) is 2. The fourth-order valence-corrected chi connectivity index (χ4v) is 4.26. The highest BCUT2D eigenvalue weighted by atomic mass is 35.5. The number of halogens is 1. The minimum absolute atomic E-state index is 0.0457.